The minimum Gasteiger partial charge on any atom is -0.490 e. The molecule has 53 heavy (non-hydrogen) atoms. The number of halogens is 1. The molecule has 4 heterocycles. The maximum atomic E-state index is 13.5. The van der Waals surface area contributed by atoms with Crippen molar-refractivity contribution in [2.75, 3.05) is 82.9 Å². The lowest BCUT2D eigenvalue weighted by molar-refractivity contribution is -0.119. The Hall–Kier alpha value is -2.67. The van der Waals surface area contributed by atoms with Crippen molar-refractivity contribution in [1.29, 1.82) is 0 Å². The molecule has 1 spiro atoms. The van der Waals surface area contributed by atoms with E-state index in [1.165, 1.54) is 11.1 Å². The number of fused-ring (bicyclic) bond motifs is 4. The van der Waals surface area contributed by atoms with Crippen molar-refractivity contribution in [1.82, 2.24) is 14.5 Å². The molecule has 0 unspecified atom stereocenters. The molecule has 1 saturated carbocycles. The zero-order valence-corrected chi connectivity index (χ0v) is 32.8. The quantitative estimate of drug-likeness (QED) is 0.408. The highest BCUT2D eigenvalue weighted by Crippen LogP contribution is 2.49. The van der Waals surface area contributed by atoms with Crippen LogP contribution in [0.2, 0.25) is 5.02 Å². The van der Waals surface area contributed by atoms with Gasteiger partial charge in [-0.3, -0.25) is 14.6 Å². The van der Waals surface area contributed by atoms with Crippen LogP contribution < -0.4 is 14.4 Å². The van der Waals surface area contributed by atoms with E-state index in [9.17, 15) is 13.2 Å². The Kier molecular flexibility index (Phi) is 10.6. The topological polar surface area (TPSA) is 101 Å². The third kappa shape index (κ3) is 7.63. The van der Waals surface area contributed by atoms with E-state index in [2.05, 4.69) is 50.6 Å². The zero-order chi connectivity index (χ0) is 36.8. The fraction of sp³-hybridized carbons (Fsp3) is 0.634. The highest BCUT2D eigenvalue weighted by atomic mass is 35.5. The summed E-state index contributed by atoms with van der Waals surface area (Å²) in [7, 11) is -3.88. The molecular formula is C41H55ClN4O6S. The summed E-state index contributed by atoms with van der Waals surface area (Å²) in [6.45, 7) is 13.1. The minimum atomic E-state index is -3.88. The van der Waals surface area contributed by atoms with Crippen LogP contribution in [0.25, 0.3) is 0 Å². The first-order valence-electron chi connectivity index (χ1n) is 19.8. The summed E-state index contributed by atoms with van der Waals surface area (Å²) in [5.41, 5.74) is 2.94. The predicted octanol–water partition coefficient (Wildman–Crippen LogP) is 5.29. The normalized spacial score (nSPS) is 33.0. The van der Waals surface area contributed by atoms with E-state index < -0.39 is 21.5 Å². The van der Waals surface area contributed by atoms with E-state index >= 15 is 0 Å². The van der Waals surface area contributed by atoms with Crippen LogP contribution in [0.5, 0.6) is 5.75 Å². The molecule has 12 heteroatoms. The lowest BCUT2D eigenvalue weighted by Gasteiger charge is -2.53. The Balaban J connectivity index is 1.17. The van der Waals surface area contributed by atoms with Gasteiger partial charge in [0.05, 0.1) is 37.3 Å². The molecule has 8 rings (SSSR count). The molecule has 288 valence electrons. The first-order chi connectivity index (χ1) is 25.6. The number of benzene rings is 2. The van der Waals surface area contributed by atoms with Crippen LogP contribution in [0.4, 0.5) is 5.69 Å². The number of allylic oxidation sites excluding steroid dienone is 1. The van der Waals surface area contributed by atoms with E-state index in [4.69, 9.17) is 25.8 Å². The monoisotopic (exact) mass is 766 g/mol. The number of carbonyl (C=O) groups is 1. The number of hydrogen-bond donors (Lipinski definition) is 1. The van der Waals surface area contributed by atoms with E-state index in [-0.39, 0.29) is 23.0 Å². The van der Waals surface area contributed by atoms with Crippen LogP contribution in [-0.2, 0) is 31.3 Å². The summed E-state index contributed by atoms with van der Waals surface area (Å²) in [6, 6.07) is 12.2. The minimum absolute atomic E-state index is 0.143. The Morgan fingerprint density at radius 1 is 1.08 bits per heavy atom. The van der Waals surface area contributed by atoms with Crippen LogP contribution in [-0.4, -0.2) is 114 Å². The summed E-state index contributed by atoms with van der Waals surface area (Å²) in [4.78, 5) is 21.1. The Bertz CT molecular complexity index is 1810. The van der Waals surface area contributed by atoms with Crippen LogP contribution in [0.15, 0.2) is 48.6 Å². The van der Waals surface area contributed by atoms with Gasteiger partial charge in [-0.1, -0.05) is 36.7 Å². The van der Waals surface area contributed by atoms with Gasteiger partial charge in [0.25, 0.3) is 5.91 Å². The molecule has 2 saturated heterocycles. The number of rotatable bonds is 5. The Morgan fingerprint density at radius 2 is 1.91 bits per heavy atom. The van der Waals surface area contributed by atoms with Crippen molar-refractivity contribution in [3.63, 3.8) is 0 Å². The number of aryl methyl sites for hydroxylation is 1. The van der Waals surface area contributed by atoms with Gasteiger partial charge in [0, 0.05) is 68.4 Å². The number of nitrogens with one attached hydrogen (secondary N) is 1. The molecule has 4 aliphatic heterocycles. The molecule has 1 amide bonds. The van der Waals surface area contributed by atoms with E-state index in [1.54, 1.807) is 6.07 Å². The van der Waals surface area contributed by atoms with Gasteiger partial charge in [0.1, 0.15) is 11.4 Å². The number of piperazine rings is 1. The van der Waals surface area contributed by atoms with Crippen LogP contribution in [0.3, 0.4) is 0 Å². The van der Waals surface area contributed by atoms with Gasteiger partial charge in [0.2, 0.25) is 10.0 Å². The van der Waals surface area contributed by atoms with Crippen LogP contribution in [0.1, 0.15) is 67.4 Å². The SMILES string of the molecule is CCO[C@]1(CN2CCN(C3COC3)CC2)/C=C/C[C@H](C)CS(=O)(=O)NC(=O)c2ccc3c(c2)N(C[C@@H]2CC[C@H]21)C[C@@]1(CCCc2cc(Cl)ccc21)CO3. The van der Waals surface area contributed by atoms with Crippen molar-refractivity contribution in [3.05, 3.63) is 70.3 Å². The van der Waals surface area contributed by atoms with Crippen molar-refractivity contribution in [2.45, 2.75) is 69.4 Å². The predicted molar refractivity (Wildman–Crippen MR) is 208 cm³/mol. The van der Waals surface area contributed by atoms with Crippen molar-refractivity contribution in [2.24, 2.45) is 17.8 Å². The largest absolute Gasteiger partial charge is 0.490 e. The second-order valence-corrected chi connectivity index (χ2v) is 18.8. The van der Waals surface area contributed by atoms with Crippen molar-refractivity contribution in [3.8, 4) is 5.75 Å². The zero-order valence-electron chi connectivity index (χ0n) is 31.2. The van der Waals surface area contributed by atoms with Gasteiger partial charge in [-0.25, -0.2) is 13.1 Å². The van der Waals surface area contributed by atoms with Gasteiger partial charge in [-0.05, 0) is 105 Å². The number of anilines is 1. The number of amides is 1. The van der Waals surface area contributed by atoms with E-state index in [0.717, 1.165) is 108 Å². The Morgan fingerprint density at radius 3 is 2.64 bits per heavy atom. The highest BCUT2D eigenvalue weighted by Gasteiger charge is 2.50. The second kappa shape index (κ2) is 15.1. The van der Waals surface area contributed by atoms with Crippen molar-refractivity contribution < 1.29 is 27.4 Å². The number of sulfonamides is 1. The lowest BCUT2D eigenvalue weighted by atomic mass is 9.63. The summed E-state index contributed by atoms with van der Waals surface area (Å²) in [6.07, 6.45) is 10.2. The van der Waals surface area contributed by atoms with Gasteiger partial charge in [-0.2, -0.15) is 0 Å². The average Bonchev–Trinajstić information content (AvgIpc) is 3.22. The fourth-order valence-electron chi connectivity index (χ4n) is 9.99. The molecule has 2 bridgehead atoms. The molecular weight excluding hydrogens is 712 g/mol. The van der Waals surface area contributed by atoms with Gasteiger partial charge >= 0.3 is 0 Å². The molecule has 2 aromatic rings. The van der Waals surface area contributed by atoms with E-state index in [1.807, 2.05) is 25.1 Å². The third-order valence-corrected chi connectivity index (χ3v) is 14.7. The van der Waals surface area contributed by atoms with E-state index in [0.29, 0.717) is 37.2 Å². The molecule has 0 aromatic heterocycles. The molecule has 1 N–H and O–H groups in total. The summed E-state index contributed by atoms with van der Waals surface area (Å²) < 4.78 is 48.2. The van der Waals surface area contributed by atoms with Crippen LogP contribution >= 0.6 is 11.6 Å². The smallest absolute Gasteiger partial charge is 0.264 e. The maximum absolute atomic E-state index is 13.5. The Labute approximate surface area is 320 Å². The average molecular weight is 767 g/mol. The molecule has 6 aliphatic rings. The van der Waals surface area contributed by atoms with Gasteiger partial charge in [-0.15, -0.1) is 0 Å². The molecule has 3 fully saturated rings. The molecule has 0 radical (unpaired) electrons. The van der Waals surface area contributed by atoms with Gasteiger partial charge in [0.15, 0.2) is 0 Å². The summed E-state index contributed by atoms with van der Waals surface area (Å²) in [5, 5.41) is 0.750. The molecule has 5 atom stereocenters. The molecule has 2 aromatic carbocycles. The number of carbonyl (C=O) groups excluding carboxylic acids is 1. The molecule has 2 aliphatic carbocycles. The first kappa shape index (κ1) is 37.3. The highest BCUT2D eigenvalue weighted by molar-refractivity contribution is 7.90. The van der Waals surface area contributed by atoms with Crippen LogP contribution in [0, 0.1) is 17.8 Å². The first-order valence-corrected chi connectivity index (χ1v) is 21.8. The van der Waals surface area contributed by atoms with Gasteiger partial charge < -0.3 is 19.1 Å². The van der Waals surface area contributed by atoms with Crippen molar-refractivity contribution >= 4 is 33.2 Å². The molecule has 10 nitrogen and oxygen atoms in total. The standard InChI is InChI=1S/C41H55ClN4O6S/c1-3-52-41(27-44-16-18-45(19-17-44)34-23-50-24-34)15-4-6-29(2)25-53(48,49)43-39(47)31-9-13-38-37(21-31)46(22-32-8-11-36(32)41)26-40(28-51-38)14-5-7-30-20-33(42)10-12-35(30)40/h4,9-10,12-13,15,20-21,29,32,34,36H,3,5-8,11,14,16-19,22-28H2,1-2H3,(H,43,47)/b15-4+/t29-,32-,36+,40-,41-/m0/s1. The summed E-state index contributed by atoms with van der Waals surface area (Å²) >= 11 is 6.51. The number of hydrogen-bond acceptors (Lipinski definition) is 9. The second-order valence-electron chi connectivity index (χ2n) is 16.6. The maximum Gasteiger partial charge on any atom is 0.264 e. The number of ether oxygens (including phenoxy) is 3. The fourth-order valence-corrected chi connectivity index (χ4v) is 11.6. The lowest BCUT2D eigenvalue weighted by Crippen LogP contribution is -2.61. The summed E-state index contributed by atoms with van der Waals surface area (Å²) in [5.74, 6) is 0.403. The third-order valence-electron chi connectivity index (χ3n) is 12.9. The number of nitrogens with zero attached hydrogens (tertiary/aromatic N) is 3.